The Hall–Kier alpha value is -2.20. The normalized spacial score (nSPS) is 14.1. The summed E-state index contributed by atoms with van der Waals surface area (Å²) in [6.07, 6.45) is 2.05. The summed E-state index contributed by atoms with van der Waals surface area (Å²) in [6.45, 7) is 1.47. The molecule has 0 saturated heterocycles. The van der Waals surface area contributed by atoms with Crippen LogP contribution in [0.15, 0.2) is 36.4 Å². The van der Waals surface area contributed by atoms with Crippen molar-refractivity contribution in [2.75, 3.05) is 0 Å². The molecule has 0 heterocycles. The molecule has 0 unspecified atom stereocenters. The molecule has 0 aromatic heterocycles. The molecule has 3 nitrogen and oxygen atoms in total. The second-order valence-corrected chi connectivity index (χ2v) is 6.25. The third-order valence-corrected chi connectivity index (χ3v) is 4.52. The molecule has 0 radical (unpaired) electrons. The lowest BCUT2D eigenvalue weighted by Crippen LogP contribution is -2.25. The van der Waals surface area contributed by atoms with Crippen LogP contribution in [0.3, 0.4) is 0 Å². The molecule has 124 valence electrons. The molecule has 0 amide bonds. The van der Waals surface area contributed by atoms with E-state index in [0.29, 0.717) is 5.56 Å². The van der Waals surface area contributed by atoms with E-state index in [9.17, 15) is 14.0 Å². The Kier molecular flexibility index (Phi) is 4.67. The molecule has 0 saturated carbocycles. The van der Waals surface area contributed by atoms with Crippen molar-refractivity contribution in [1.29, 1.82) is 0 Å². The summed E-state index contributed by atoms with van der Waals surface area (Å²) < 4.78 is 18.9. The third-order valence-electron chi connectivity index (χ3n) is 4.20. The van der Waals surface area contributed by atoms with E-state index in [2.05, 4.69) is 0 Å². The standard InChI is InChI=1S/C19H16ClFO3/c1-11(24-19(23)17-15(20)6-3-7-16(17)21)18(22)14-9-8-12-4-2-5-13(12)10-14/h3,6-11H,2,4-5H2,1H3/t11-/m0/s1. The first-order valence-corrected chi connectivity index (χ1v) is 8.16. The van der Waals surface area contributed by atoms with E-state index in [4.69, 9.17) is 16.3 Å². The van der Waals surface area contributed by atoms with Gasteiger partial charge in [0, 0.05) is 5.56 Å². The fourth-order valence-electron chi connectivity index (χ4n) is 2.93. The number of ether oxygens (including phenoxy) is 1. The predicted octanol–water partition coefficient (Wildman–Crippen LogP) is 4.40. The van der Waals surface area contributed by atoms with E-state index in [1.807, 2.05) is 12.1 Å². The summed E-state index contributed by atoms with van der Waals surface area (Å²) in [5, 5.41) is -0.0443. The molecule has 0 fully saturated rings. The number of carbonyl (C=O) groups excluding carboxylic acids is 2. The number of benzene rings is 2. The molecule has 3 rings (SSSR count). The molecule has 0 bridgehead atoms. The Labute approximate surface area is 144 Å². The molecule has 24 heavy (non-hydrogen) atoms. The maximum atomic E-state index is 13.8. The molecule has 1 aliphatic carbocycles. The molecule has 2 aromatic rings. The summed E-state index contributed by atoms with van der Waals surface area (Å²) >= 11 is 5.84. The monoisotopic (exact) mass is 346 g/mol. The highest BCUT2D eigenvalue weighted by Crippen LogP contribution is 2.24. The van der Waals surface area contributed by atoms with Crippen molar-refractivity contribution in [3.8, 4) is 0 Å². The first kappa shape index (κ1) is 16.7. The van der Waals surface area contributed by atoms with Crippen molar-refractivity contribution >= 4 is 23.4 Å². The van der Waals surface area contributed by atoms with Gasteiger partial charge in [0.1, 0.15) is 11.4 Å². The number of halogens is 2. The van der Waals surface area contributed by atoms with Crippen LogP contribution in [0.1, 0.15) is 45.2 Å². The van der Waals surface area contributed by atoms with Crippen LogP contribution in [0.4, 0.5) is 4.39 Å². The van der Waals surface area contributed by atoms with Gasteiger partial charge in [-0.15, -0.1) is 0 Å². The lowest BCUT2D eigenvalue weighted by molar-refractivity contribution is 0.0314. The molecule has 1 aliphatic rings. The Morgan fingerprint density at radius 2 is 1.92 bits per heavy atom. The van der Waals surface area contributed by atoms with Crippen LogP contribution in [0.5, 0.6) is 0 Å². The van der Waals surface area contributed by atoms with Crippen LogP contribution >= 0.6 is 11.6 Å². The molecular weight excluding hydrogens is 331 g/mol. The topological polar surface area (TPSA) is 43.4 Å². The van der Waals surface area contributed by atoms with Crippen LogP contribution in [0, 0.1) is 5.82 Å². The van der Waals surface area contributed by atoms with Gasteiger partial charge in [0.25, 0.3) is 0 Å². The van der Waals surface area contributed by atoms with Gasteiger partial charge < -0.3 is 4.74 Å². The molecule has 0 spiro atoms. The number of esters is 1. The van der Waals surface area contributed by atoms with E-state index >= 15 is 0 Å². The first-order valence-electron chi connectivity index (χ1n) is 7.78. The van der Waals surface area contributed by atoms with Crippen molar-refractivity contribution in [1.82, 2.24) is 0 Å². The second kappa shape index (κ2) is 6.73. The number of hydrogen-bond donors (Lipinski definition) is 0. The summed E-state index contributed by atoms with van der Waals surface area (Å²) in [5.41, 5.74) is 2.56. The number of carbonyl (C=O) groups is 2. The fourth-order valence-corrected chi connectivity index (χ4v) is 3.17. The lowest BCUT2D eigenvalue weighted by Gasteiger charge is -2.14. The van der Waals surface area contributed by atoms with Gasteiger partial charge in [-0.3, -0.25) is 4.79 Å². The summed E-state index contributed by atoms with van der Waals surface area (Å²) in [4.78, 5) is 24.6. The van der Waals surface area contributed by atoms with Gasteiger partial charge in [0.2, 0.25) is 5.78 Å². The maximum absolute atomic E-state index is 13.8. The SMILES string of the molecule is C[C@H](OC(=O)c1c(F)cccc1Cl)C(=O)c1ccc2c(c1)CCC2. The minimum Gasteiger partial charge on any atom is -0.451 e. The Morgan fingerprint density at radius 1 is 1.17 bits per heavy atom. The van der Waals surface area contributed by atoms with Crippen LogP contribution in [-0.4, -0.2) is 17.9 Å². The van der Waals surface area contributed by atoms with Gasteiger partial charge in [-0.1, -0.05) is 29.8 Å². The second-order valence-electron chi connectivity index (χ2n) is 5.85. The quantitative estimate of drug-likeness (QED) is 0.609. The number of aryl methyl sites for hydroxylation is 2. The fraction of sp³-hybridized carbons (Fsp3) is 0.263. The minimum atomic E-state index is -1.02. The third kappa shape index (κ3) is 3.20. The van der Waals surface area contributed by atoms with Crippen molar-refractivity contribution in [3.63, 3.8) is 0 Å². The van der Waals surface area contributed by atoms with Gasteiger partial charge in [0.05, 0.1) is 5.02 Å². The molecule has 2 aromatic carbocycles. The van der Waals surface area contributed by atoms with Gasteiger partial charge in [-0.25, -0.2) is 9.18 Å². The van der Waals surface area contributed by atoms with Crippen molar-refractivity contribution in [2.24, 2.45) is 0 Å². The highest BCUT2D eigenvalue weighted by Gasteiger charge is 2.25. The van der Waals surface area contributed by atoms with Crippen molar-refractivity contribution < 1.29 is 18.7 Å². The van der Waals surface area contributed by atoms with E-state index < -0.39 is 17.9 Å². The summed E-state index contributed by atoms with van der Waals surface area (Å²) in [6, 6.07) is 9.45. The molecule has 1 atom stereocenters. The van der Waals surface area contributed by atoms with E-state index in [1.165, 1.54) is 24.6 Å². The van der Waals surface area contributed by atoms with Crippen LogP contribution in [0.2, 0.25) is 5.02 Å². The lowest BCUT2D eigenvalue weighted by atomic mass is 10.0. The molecule has 0 N–H and O–H groups in total. The highest BCUT2D eigenvalue weighted by atomic mass is 35.5. The van der Waals surface area contributed by atoms with E-state index in [-0.39, 0.29) is 16.4 Å². The van der Waals surface area contributed by atoms with E-state index in [1.54, 1.807) is 6.07 Å². The van der Waals surface area contributed by atoms with Crippen molar-refractivity contribution in [2.45, 2.75) is 32.3 Å². The Balaban J connectivity index is 1.76. The first-order chi connectivity index (χ1) is 11.5. The summed E-state index contributed by atoms with van der Waals surface area (Å²) in [5.74, 6) is -2.03. The zero-order chi connectivity index (χ0) is 17.3. The minimum absolute atomic E-state index is 0.0443. The largest absolute Gasteiger partial charge is 0.451 e. The Bertz CT molecular complexity index is 796. The summed E-state index contributed by atoms with van der Waals surface area (Å²) in [7, 11) is 0. The molecular formula is C19H16ClFO3. The van der Waals surface area contributed by atoms with E-state index in [0.717, 1.165) is 30.9 Å². The maximum Gasteiger partial charge on any atom is 0.343 e. The van der Waals surface area contributed by atoms with Crippen molar-refractivity contribution in [3.05, 3.63) is 69.5 Å². The van der Waals surface area contributed by atoms with Gasteiger partial charge in [-0.05, 0) is 55.5 Å². The van der Waals surface area contributed by atoms with Crippen LogP contribution < -0.4 is 0 Å². The zero-order valence-corrected chi connectivity index (χ0v) is 13.9. The number of Topliss-reactive ketones (excluding diaryl/α,β-unsaturated/α-hetero) is 1. The van der Waals surface area contributed by atoms with Gasteiger partial charge in [0.15, 0.2) is 6.10 Å². The number of rotatable bonds is 4. The highest BCUT2D eigenvalue weighted by molar-refractivity contribution is 6.33. The number of ketones is 1. The average molecular weight is 347 g/mol. The number of hydrogen-bond acceptors (Lipinski definition) is 3. The average Bonchev–Trinajstić information content (AvgIpc) is 3.01. The molecule has 5 heteroatoms. The molecule has 0 aliphatic heterocycles. The van der Waals surface area contributed by atoms with Crippen LogP contribution in [0.25, 0.3) is 0 Å². The van der Waals surface area contributed by atoms with Crippen LogP contribution in [-0.2, 0) is 17.6 Å². The zero-order valence-electron chi connectivity index (χ0n) is 13.1. The smallest absolute Gasteiger partial charge is 0.343 e. The van der Waals surface area contributed by atoms with Gasteiger partial charge >= 0.3 is 5.97 Å². The van der Waals surface area contributed by atoms with Gasteiger partial charge in [-0.2, -0.15) is 0 Å². The predicted molar refractivity (Wildman–Crippen MR) is 89.1 cm³/mol. The number of fused-ring (bicyclic) bond motifs is 1. The Morgan fingerprint density at radius 3 is 2.67 bits per heavy atom.